The molecule has 0 bridgehead atoms. The molecule has 144 valence electrons. The molecule has 1 saturated heterocycles. The van der Waals surface area contributed by atoms with Crippen molar-refractivity contribution in [1.82, 2.24) is 15.2 Å². The molecule has 1 aromatic carbocycles. The maximum atomic E-state index is 13.4. The van der Waals surface area contributed by atoms with Crippen molar-refractivity contribution in [3.05, 3.63) is 59.5 Å². The van der Waals surface area contributed by atoms with Gasteiger partial charge in [-0.3, -0.25) is 9.69 Å². The van der Waals surface area contributed by atoms with Crippen LogP contribution in [0.4, 0.5) is 10.2 Å². The van der Waals surface area contributed by atoms with Crippen molar-refractivity contribution in [1.29, 1.82) is 0 Å². The molecular formula is C21H27FN4O. The summed E-state index contributed by atoms with van der Waals surface area (Å²) in [6.45, 7) is 2.17. The summed E-state index contributed by atoms with van der Waals surface area (Å²) < 4.78 is 13.4. The van der Waals surface area contributed by atoms with E-state index in [1.54, 1.807) is 18.3 Å². The van der Waals surface area contributed by atoms with Gasteiger partial charge in [0.2, 0.25) is 5.91 Å². The van der Waals surface area contributed by atoms with E-state index in [-0.39, 0.29) is 11.7 Å². The summed E-state index contributed by atoms with van der Waals surface area (Å²) in [5.74, 6) is 0.494. The lowest BCUT2D eigenvalue weighted by atomic mass is 10.0. The first-order valence-corrected chi connectivity index (χ1v) is 9.44. The molecule has 0 aliphatic carbocycles. The molecule has 5 nitrogen and oxygen atoms in total. The lowest BCUT2D eigenvalue weighted by Crippen LogP contribution is -2.42. The van der Waals surface area contributed by atoms with Crippen molar-refractivity contribution >= 4 is 11.7 Å². The van der Waals surface area contributed by atoms with Crippen LogP contribution in [0.2, 0.25) is 0 Å². The van der Waals surface area contributed by atoms with Gasteiger partial charge in [-0.15, -0.1) is 0 Å². The Labute approximate surface area is 160 Å². The van der Waals surface area contributed by atoms with Crippen molar-refractivity contribution in [2.45, 2.75) is 31.8 Å². The van der Waals surface area contributed by atoms with E-state index in [4.69, 9.17) is 0 Å². The third-order valence-electron chi connectivity index (χ3n) is 4.93. The van der Waals surface area contributed by atoms with E-state index >= 15 is 0 Å². The van der Waals surface area contributed by atoms with Crippen LogP contribution in [0, 0.1) is 5.82 Å². The number of hydrogen-bond donors (Lipinski definition) is 1. The van der Waals surface area contributed by atoms with Crippen LogP contribution in [0.5, 0.6) is 0 Å². The van der Waals surface area contributed by atoms with Crippen LogP contribution in [-0.4, -0.2) is 43.0 Å². The van der Waals surface area contributed by atoms with Gasteiger partial charge in [0.05, 0.1) is 0 Å². The van der Waals surface area contributed by atoms with Crippen LogP contribution in [0.3, 0.4) is 0 Å². The molecule has 1 fully saturated rings. The minimum Gasteiger partial charge on any atom is -0.362 e. The number of aromatic nitrogens is 1. The predicted molar refractivity (Wildman–Crippen MR) is 105 cm³/mol. The summed E-state index contributed by atoms with van der Waals surface area (Å²) in [6.07, 6.45) is 5.10. The molecule has 3 rings (SSSR count). The van der Waals surface area contributed by atoms with E-state index in [2.05, 4.69) is 15.2 Å². The number of carbonyl (C=O) groups excluding carboxylic acids is 1. The molecule has 27 heavy (non-hydrogen) atoms. The first kappa shape index (κ1) is 19.3. The number of anilines is 1. The third-order valence-corrected chi connectivity index (χ3v) is 4.93. The van der Waals surface area contributed by atoms with E-state index in [1.165, 1.54) is 18.6 Å². The second-order valence-corrected chi connectivity index (χ2v) is 7.15. The Morgan fingerprint density at radius 2 is 1.89 bits per heavy atom. The van der Waals surface area contributed by atoms with Crippen molar-refractivity contribution in [2.75, 3.05) is 32.1 Å². The maximum Gasteiger partial charge on any atom is 0.242 e. The number of piperidine rings is 1. The highest BCUT2D eigenvalue weighted by Gasteiger charge is 2.28. The number of nitrogens with one attached hydrogen (secondary N) is 1. The molecule has 0 saturated carbocycles. The average Bonchev–Trinajstić information content (AvgIpc) is 2.69. The molecule has 0 spiro atoms. The monoisotopic (exact) mass is 370 g/mol. The zero-order valence-corrected chi connectivity index (χ0v) is 16.0. The van der Waals surface area contributed by atoms with Gasteiger partial charge in [-0.2, -0.15) is 0 Å². The Balaban J connectivity index is 1.78. The normalized spacial score (nSPS) is 16.0. The highest BCUT2D eigenvalue weighted by atomic mass is 19.1. The molecule has 0 unspecified atom stereocenters. The van der Waals surface area contributed by atoms with Crippen LogP contribution in [0.25, 0.3) is 0 Å². The van der Waals surface area contributed by atoms with Gasteiger partial charge < -0.3 is 10.2 Å². The minimum atomic E-state index is -0.398. The first-order chi connectivity index (χ1) is 13.1. The fourth-order valence-corrected chi connectivity index (χ4v) is 3.60. The van der Waals surface area contributed by atoms with E-state index < -0.39 is 6.04 Å². The molecule has 1 amide bonds. The SMILES string of the molecule is CN(C)c1ncccc1CNC(=O)[C@@H](c1ccc(F)cc1)N1CCCCC1. The van der Waals surface area contributed by atoms with Crippen LogP contribution >= 0.6 is 0 Å². The Morgan fingerprint density at radius 3 is 2.56 bits per heavy atom. The molecule has 2 heterocycles. The van der Waals surface area contributed by atoms with Gasteiger partial charge in [-0.1, -0.05) is 24.6 Å². The standard InChI is InChI=1S/C21H27FN4O/c1-25(2)20-17(7-6-12-23-20)15-24-21(27)19(26-13-4-3-5-14-26)16-8-10-18(22)11-9-16/h6-12,19H,3-5,13-15H2,1-2H3,(H,24,27)/t19-/m1/s1. The number of rotatable bonds is 6. The van der Waals surface area contributed by atoms with E-state index in [0.717, 1.165) is 42.9 Å². The summed E-state index contributed by atoms with van der Waals surface area (Å²) in [6, 6.07) is 9.71. The van der Waals surface area contributed by atoms with Crippen molar-refractivity contribution in [3.63, 3.8) is 0 Å². The minimum absolute atomic E-state index is 0.0583. The van der Waals surface area contributed by atoms with Crippen molar-refractivity contribution in [3.8, 4) is 0 Å². The number of carbonyl (C=O) groups is 1. The highest BCUT2D eigenvalue weighted by Crippen LogP contribution is 2.25. The van der Waals surface area contributed by atoms with E-state index in [9.17, 15) is 9.18 Å². The second kappa shape index (κ2) is 8.95. The molecule has 1 aliphatic rings. The Morgan fingerprint density at radius 1 is 1.19 bits per heavy atom. The average molecular weight is 370 g/mol. The van der Waals surface area contributed by atoms with Crippen LogP contribution in [0.15, 0.2) is 42.6 Å². The van der Waals surface area contributed by atoms with Gasteiger partial charge in [0.1, 0.15) is 17.7 Å². The summed E-state index contributed by atoms with van der Waals surface area (Å²) in [5.41, 5.74) is 1.79. The summed E-state index contributed by atoms with van der Waals surface area (Å²) in [5, 5.41) is 3.06. The first-order valence-electron chi connectivity index (χ1n) is 9.44. The molecule has 0 radical (unpaired) electrons. The maximum absolute atomic E-state index is 13.4. The molecule has 6 heteroatoms. The zero-order chi connectivity index (χ0) is 19.2. The lowest BCUT2D eigenvalue weighted by Gasteiger charge is -2.34. The molecule has 2 aromatic rings. The van der Waals surface area contributed by atoms with E-state index in [1.807, 2.05) is 31.1 Å². The Hall–Kier alpha value is -2.47. The van der Waals surface area contributed by atoms with Crippen LogP contribution < -0.4 is 10.2 Å². The number of halogens is 1. The molecule has 1 aliphatic heterocycles. The molecule has 1 N–H and O–H groups in total. The number of nitrogens with zero attached hydrogens (tertiary/aromatic N) is 3. The second-order valence-electron chi connectivity index (χ2n) is 7.15. The summed E-state index contributed by atoms with van der Waals surface area (Å²) in [4.78, 5) is 21.6. The zero-order valence-electron chi connectivity index (χ0n) is 16.0. The lowest BCUT2D eigenvalue weighted by molar-refractivity contribution is -0.127. The largest absolute Gasteiger partial charge is 0.362 e. The van der Waals surface area contributed by atoms with Gasteiger partial charge >= 0.3 is 0 Å². The summed E-state index contributed by atoms with van der Waals surface area (Å²) >= 11 is 0. The van der Waals surface area contributed by atoms with Gasteiger partial charge in [0, 0.05) is 32.4 Å². The van der Waals surface area contributed by atoms with Crippen molar-refractivity contribution in [2.24, 2.45) is 0 Å². The smallest absolute Gasteiger partial charge is 0.242 e. The number of amides is 1. The van der Waals surface area contributed by atoms with Crippen molar-refractivity contribution < 1.29 is 9.18 Å². The Kier molecular flexibility index (Phi) is 6.40. The van der Waals surface area contributed by atoms with Gasteiger partial charge in [-0.05, 0) is 49.7 Å². The van der Waals surface area contributed by atoms with Gasteiger partial charge in [-0.25, -0.2) is 9.37 Å². The molecular weight excluding hydrogens is 343 g/mol. The number of benzene rings is 1. The molecule has 1 aromatic heterocycles. The predicted octanol–water partition coefficient (Wildman–Crippen LogP) is 3.13. The summed E-state index contributed by atoms with van der Waals surface area (Å²) in [7, 11) is 3.87. The van der Waals surface area contributed by atoms with E-state index in [0.29, 0.717) is 6.54 Å². The van der Waals surface area contributed by atoms with Gasteiger partial charge in [0.25, 0.3) is 0 Å². The van der Waals surface area contributed by atoms with Crippen LogP contribution in [0.1, 0.15) is 36.4 Å². The topological polar surface area (TPSA) is 48.5 Å². The molecule has 1 atom stereocenters. The van der Waals surface area contributed by atoms with Gasteiger partial charge in [0.15, 0.2) is 0 Å². The fourth-order valence-electron chi connectivity index (χ4n) is 3.60. The highest BCUT2D eigenvalue weighted by molar-refractivity contribution is 5.83. The Bertz CT molecular complexity index is 757. The van der Waals surface area contributed by atoms with Crippen LogP contribution in [-0.2, 0) is 11.3 Å². The third kappa shape index (κ3) is 4.83. The number of likely N-dealkylation sites (tertiary alicyclic amines) is 1. The number of pyridine rings is 1. The number of hydrogen-bond acceptors (Lipinski definition) is 4. The quantitative estimate of drug-likeness (QED) is 0.849. The fraction of sp³-hybridized carbons (Fsp3) is 0.429.